The molecule has 4 rings (SSSR count). The summed E-state index contributed by atoms with van der Waals surface area (Å²) in [7, 11) is 0. The van der Waals surface area contributed by atoms with Crippen molar-refractivity contribution in [1.29, 1.82) is 0 Å². The number of hydrogen-bond acceptors (Lipinski definition) is 7. The zero-order chi connectivity index (χ0) is 13.5. The number of rotatable bonds is 2. The standard InChI is InChI=1S/C13H15N5O2/c1-8-16-17-12(20-8)10-7-19-11-6-18(5-9(10)11)13-14-3-2-4-15-13/h2-4,9-11H,5-7H2,1H3/t9-,10+,11-/m1/s1. The average Bonchev–Trinajstić information content (AvgIpc) is 3.14. The van der Waals surface area contributed by atoms with Gasteiger partial charge in [-0.3, -0.25) is 0 Å². The molecule has 2 saturated heterocycles. The third-order valence-corrected chi connectivity index (χ3v) is 4.01. The van der Waals surface area contributed by atoms with E-state index in [1.54, 1.807) is 12.4 Å². The summed E-state index contributed by atoms with van der Waals surface area (Å²) < 4.78 is 11.4. The van der Waals surface area contributed by atoms with Gasteiger partial charge < -0.3 is 14.1 Å². The van der Waals surface area contributed by atoms with Crippen molar-refractivity contribution in [2.24, 2.45) is 5.92 Å². The third kappa shape index (κ3) is 1.85. The van der Waals surface area contributed by atoms with Crippen molar-refractivity contribution in [3.8, 4) is 0 Å². The predicted octanol–water partition coefficient (Wildman–Crippen LogP) is 0.787. The van der Waals surface area contributed by atoms with E-state index in [1.165, 1.54) is 0 Å². The van der Waals surface area contributed by atoms with E-state index in [-0.39, 0.29) is 12.0 Å². The Balaban J connectivity index is 1.55. The molecule has 0 amide bonds. The summed E-state index contributed by atoms with van der Waals surface area (Å²) in [6.45, 7) is 4.14. The highest BCUT2D eigenvalue weighted by atomic mass is 16.5. The van der Waals surface area contributed by atoms with Crippen LogP contribution in [0.1, 0.15) is 17.7 Å². The van der Waals surface area contributed by atoms with Crippen LogP contribution in [0.4, 0.5) is 5.95 Å². The van der Waals surface area contributed by atoms with Crippen LogP contribution in [-0.4, -0.2) is 46.0 Å². The Morgan fingerprint density at radius 3 is 2.80 bits per heavy atom. The molecule has 7 heteroatoms. The summed E-state index contributed by atoms with van der Waals surface area (Å²) in [4.78, 5) is 10.8. The molecule has 4 heterocycles. The van der Waals surface area contributed by atoms with Gasteiger partial charge in [-0.2, -0.15) is 0 Å². The molecule has 2 aromatic heterocycles. The minimum Gasteiger partial charge on any atom is -0.425 e. The number of aryl methyl sites for hydroxylation is 1. The van der Waals surface area contributed by atoms with Gasteiger partial charge in [0.25, 0.3) is 0 Å². The van der Waals surface area contributed by atoms with Crippen molar-refractivity contribution in [3.63, 3.8) is 0 Å². The second-order valence-corrected chi connectivity index (χ2v) is 5.26. The topological polar surface area (TPSA) is 77.2 Å². The minimum atomic E-state index is 0.176. The lowest BCUT2D eigenvalue weighted by Gasteiger charge is -2.17. The molecule has 0 N–H and O–H groups in total. The molecular formula is C13H15N5O2. The first-order valence-electron chi connectivity index (χ1n) is 6.75. The van der Waals surface area contributed by atoms with Gasteiger partial charge in [-0.25, -0.2) is 9.97 Å². The molecule has 2 aliphatic rings. The van der Waals surface area contributed by atoms with Crippen LogP contribution in [0.15, 0.2) is 22.9 Å². The Hall–Kier alpha value is -2.02. The van der Waals surface area contributed by atoms with E-state index in [9.17, 15) is 0 Å². The summed E-state index contributed by atoms with van der Waals surface area (Å²) in [6, 6.07) is 1.82. The molecule has 3 atom stereocenters. The number of ether oxygens (including phenoxy) is 1. The molecule has 0 aromatic carbocycles. The van der Waals surface area contributed by atoms with Crippen molar-refractivity contribution < 1.29 is 9.15 Å². The highest BCUT2D eigenvalue weighted by molar-refractivity contribution is 5.33. The molecule has 0 radical (unpaired) electrons. The molecular weight excluding hydrogens is 258 g/mol. The first-order chi connectivity index (χ1) is 9.81. The maximum Gasteiger partial charge on any atom is 0.225 e. The van der Waals surface area contributed by atoms with Crippen molar-refractivity contribution >= 4 is 5.95 Å². The molecule has 2 fully saturated rings. The second-order valence-electron chi connectivity index (χ2n) is 5.26. The van der Waals surface area contributed by atoms with Crippen LogP contribution in [-0.2, 0) is 4.74 Å². The Morgan fingerprint density at radius 1 is 1.20 bits per heavy atom. The Bertz CT molecular complexity index is 602. The number of aromatic nitrogens is 4. The van der Waals surface area contributed by atoms with E-state index in [4.69, 9.17) is 9.15 Å². The van der Waals surface area contributed by atoms with Crippen LogP contribution in [0.2, 0.25) is 0 Å². The number of nitrogens with zero attached hydrogens (tertiary/aromatic N) is 5. The fourth-order valence-electron chi connectivity index (χ4n) is 3.05. The molecule has 0 aliphatic carbocycles. The van der Waals surface area contributed by atoms with Crippen LogP contribution >= 0.6 is 0 Å². The normalized spacial score (nSPS) is 28.9. The van der Waals surface area contributed by atoms with Crippen molar-refractivity contribution in [2.75, 3.05) is 24.6 Å². The fraction of sp³-hybridized carbons (Fsp3) is 0.538. The van der Waals surface area contributed by atoms with E-state index in [0.29, 0.717) is 24.3 Å². The maximum atomic E-state index is 5.88. The summed E-state index contributed by atoms with van der Waals surface area (Å²) in [6.07, 6.45) is 3.71. The average molecular weight is 273 g/mol. The lowest BCUT2D eigenvalue weighted by Crippen LogP contribution is -2.25. The Kier molecular flexibility index (Phi) is 2.66. The molecule has 2 aliphatic heterocycles. The van der Waals surface area contributed by atoms with E-state index in [0.717, 1.165) is 19.0 Å². The van der Waals surface area contributed by atoms with Crippen LogP contribution in [0, 0.1) is 12.8 Å². The van der Waals surface area contributed by atoms with E-state index < -0.39 is 0 Å². The second kappa shape index (κ2) is 4.52. The first kappa shape index (κ1) is 11.8. The van der Waals surface area contributed by atoms with Crippen LogP contribution < -0.4 is 4.90 Å². The van der Waals surface area contributed by atoms with Gasteiger partial charge in [0.2, 0.25) is 17.7 Å². The summed E-state index contributed by atoms with van der Waals surface area (Å²) in [5.41, 5.74) is 0. The zero-order valence-corrected chi connectivity index (χ0v) is 11.1. The highest BCUT2D eigenvalue weighted by Crippen LogP contribution is 2.39. The smallest absolute Gasteiger partial charge is 0.225 e. The van der Waals surface area contributed by atoms with Crippen molar-refractivity contribution in [2.45, 2.75) is 18.9 Å². The number of anilines is 1. The molecule has 0 unspecified atom stereocenters. The molecule has 20 heavy (non-hydrogen) atoms. The van der Waals surface area contributed by atoms with E-state index in [2.05, 4.69) is 25.1 Å². The van der Waals surface area contributed by atoms with Crippen LogP contribution in [0.5, 0.6) is 0 Å². The lowest BCUT2D eigenvalue weighted by atomic mass is 9.93. The SMILES string of the molecule is Cc1nnc([C@H]2CO[C@@H]3CN(c4ncccn4)C[C@H]23)o1. The number of hydrogen-bond donors (Lipinski definition) is 0. The third-order valence-electron chi connectivity index (χ3n) is 4.01. The predicted molar refractivity (Wildman–Crippen MR) is 69.3 cm³/mol. The molecule has 0 saturated carbocycles. The van der Waals surface area contributed by atoms with Gasteiger partial charge in [0, 0.05) is 38.3 Å². The van der Waals surface area contributed by atoms with Gasteiger partial charge in [0.05, 0.1) is 18.6 Å². The van der Waals surface area contributed by atoms with Gasteiger partial charge in [0.1, 0.15) is 0 Å². The molecule has 0 bridgehead atoms. The highest BCUT2D eigenvalue weighted by Gasteiger charge is 2.47. The largest absolute Gasteiger partial charge is 0.425 e. The fourth-order valence-corrected chi connectivity index (χ4v) is 3.05. The Labute approximate surface area is 116 Å². The first-order valence-corrected chi connectivity index (χ1v) is 6.75. The van der Waals surface area contributed by atoms with Gasteiger partial charge >= 0.3 is 0 Å². The quantitative estimate of drug-likeness (QED) is 0.800. The zero-order valence-electron chi connectivity index (χ0n) is 11.1. The molecule has 7 nitrogen and oxygen atoms in total. The minimum absolute atomic E-state index is 0.176. The van der Waals surface area contributed by atoms with Crippen molar-refractivity contribution in [1.82, 2.24) is 20.2 Å². The monoisotopic (exact) mass is 273 g/mol. The molecule has 0 spiro atoms. The number of fused-ring (bicyclic) bond motifs is 1. The maximum absolute atomic E-state index is 5.88. The summed E-state index contributed by atoms with van der Waals surface area (Å²) in [5.74, 6) is 2.58. The van der Waals surface area contributed by atoms with Gasteiger partial charge in [-0.15, -0.1) is 10.2 Å². The summed E-state index contributed by atoms with van der Waals surface area (Å²) in [5, 5.41) is 8.05. The molecule has 104 valence electrons. The van der Waals surface area contributed by atoms with Gasteiger partial charge in [-0.1, -0.05) is 0 Å². The lowest BCUT2D eigenvalue weighted by molar-refractivity contribution is 0.112. The van der Waals surface area contributed by atoms with Gasteiger partial charge in [-0.05, 0) is 6.07 Å². The molecule has 2 aromatic rings. The summed E-state index contributed by atoms with van der Waals surface area (Å²) >= 11 is 0. The Morgan fingerprint density at radius 2 is 2.05 bits per heavy atom. The van der Waals surface area contributed by atoms with Crippen LogP contribution in [0.3, 0.4) is 0 Å². The van der Waals surface area contributed by atoms with Gasteiger partial charge in [0.15, 0.2) is 0 Å². The van der Waals surface area contributed by atoms with Crippen molar-refractivity contribution in [3.05, 3.63) is 30.2 Å². The van der Waals surface area contributed by atoms with E-state index >= 15 is 0 Å². The van der Waals surface area contributed by atoms with E-state index in [1.807, 2.05) is 13.0 Å². The van der Waals surface area contributed by atoms with Crippen LogP contribution in [0.25, 0.3) is 0 Å².